The number of rotatable bonds is 12. The number of carbonyl (C=O) groups is 1. The summed E-state index contributed by atoms with van der Waals surface area (Å²) in [5.74, 6) is -0.140. The molecule has 0 spiro atoms. The first-order valence-corrected chi connectivity index (χ1v) is 14.8. The van der Waals surface area contributed by atoms with Gasteiger partial charge < -0.3 is 4.90 Å². The Bertz CT molecular complexity index is 1170. The summed E-state index contributed by atoms with van der Waals surface area (Å²) in [4.78, 5) is 23.4. The van der Waals surface area contributed by atoms with Gasteiger partial charge in [-0.1, -0.05) is 43.4 Å². The van der Waals surface area contributed by atoms with E-state index >= 15 is 0 Å². The van der Waals surface area contributed by atoms with Gasteiger partial charge in [0.05, 0.1) is 20.9 Å². The van der Waals surface area contributed by atoms with Crippen molar-refractivity contribution in [3.05, 3.63) is 48.5 Å². The smallest absolute Gasteiger partial charge is 0.228 e. The fourth-order valence-corrected chi connectivity index (χ4v) is 6.43. The van der Waals surface area contributed by atoms with Crippen molar-refractivity contribution in [3.63, 3.8) is 0 Å². The average Bonchev–Trinajstić information content (AvgIpc) is 3.25. The van der Waals surface area contributed by atoms with Crippen molar-refractivity contribution in [2.24, 2.45) is 0 Å². The molecule has 0 aliphatic heterocycles. The van der Waals surface area contributed by atoms with E-state index in [0.717, 1.165) is 34.7 Å². The lowest BCUT2D eigenvalue weighted by molar-refractivity contribution is -0.118. The Morgan fingerprint density at radius 3 is 2.41 bits per heavy atom. The summed E-state index contributed by atoms with van der Waals surface area (Å²) in [6, 6.07) is 14.5. The first-order chi connectivity index (χ1) is 15.9. The number of aromatic nitrogens is 1. The molecule has 0 unspecified atom stereocenters. The minimum absolute atomic E-state index is 0. The Morgan fingerprint density at radius 1 is 1.06 bits per heavy atom. The summed E-state index contributed by atoms with van der Waals surface area (Å²) in [5, 5.41) is 0.673. The highest BCUT2D eigenvalue weighted by atomic mass is 35.5. The van der Waals surface area contributed by atoms with Gasteiger partial charge in [-0.05, 0) is 56.1 Å². The molecule has 3 rings (SSSR count). The predicted octanol–water partition coefficient (Wildman–Crippen LogP) is 5.37. The van der Waals surface area contributed by atoms with Crippen molar-refractivity contribution >= 4 is 66.6 Å². The van der Waals surface area contributed by atoms with Crippen LogP contribution in [0.4, 0.5) is 5.13 Å². The number of thioether (sulfide) groups is 1. The second-order valence-electron chi connectivity index (χ2n) is 7.64. The number of carbonyl (C=O) groups excluding carboxylic acids is 1. The van der Waals surface area contributed by atoms with Gasteiger partial charge in [0.2, 0.25) is 5.91 Å². The van der Waals surface area contributed by atoms with Crippen LogP contribution in [0, 0.1) is 0 Å². The highest BCUT2D eigenvalue weighted by molar-refractivity contribution is 7.98. The number of anilines is 1. The summed E-state index contributed by atoms with van der Waals surface area (Å²) >= 11 is 3.18. The molecule has 186 valence electrons. The Morgan fingerprint density at radius 2 is 1.76 bits per heavy atom. The fraction of sp³-hybridized carbons (Fsp3) is 0.417. The molecule has 34 heavy (non-hydrogen) atoms. The van der Waals surface area contributed by atoms with Crippen LogP contribution in [0.2, 0.25) is 0 Å². The van der Waals surface area contributed by atoms with Gasteiger partial charge in [0, 0.05) is 24.4 Å². The van der Waals surface area contributed by atoms with Crippen molar-refractivity contribution < 1.29 is 13.2 Å². The van der Waals surface area contributed by atoms with Gasteiger partial charge in [-0.15, -0.1) is 24.2 Å². The van der Waals surface area contributed by atoms with Crippen LogP contribution in [0.3, 0.4) is 0 Å². The molecular formula is C24H32ClN3O3S3. The van der Waals surface area contributed by atoms with Crippen molar-refractivity contribution in [2.45, 2.75) is 36.5 Å². The van der Waals surface area contributed by atoms with E-state index in [0.29, 0.717) is 16.6 Å². The Balaban J connectivity index is 0.00000408. The Kier molecular flexibility index (Phi) is 11.3. The SMILES string of the molecule is CCN(CC)CCN(C(=O)CCCS(=O)(=O)c1ccccc1)c1nc2ccc(SC)cc2s1.Cl. The monoisotopic (exact) mass is 541 g/mol. The van der Waals surface area contributed by atoms with Crippen LogP contribution in [0.15, 0.2) is 58.3 Å². The van der Waals surface area contributed by atoms with Gasteiger partial charge in [0.15, 0.2) is 15.0 Å². The molecule has 0 saturated carbocycles. The number of hydrogen-bond donors (Lipinski definition) is 0. The van der Waals surface area contributed by atoms with Crippen molar-refractivity contribution in [2.75, 3.05) is 43.1 Å². The second kappa shape index (κ2) is 13.4. The number of halogens is 1. The predicted molar refractivity (Wildman–Crippen MR) is 147 cm³/mol. The van der Waals surface area contributed by atoms with Crippen molar-refractivity contribution in [1.82, 2.24) is 9.88 Å². The number of likely N-dealkylation sites (N-methyl/N-ethyl adjacent to an activating group) is 1. The summed E-state index contributed by atoms with van der Waals surface area (Å²) in [7, 11) is -3.40. The molecule has 0 fully saturated rings. The molecule has 0 N–H and O–H groups in total. The van der Waals surface area contributed by atoms with Gasteiger partial charge in [-0.25, -0.2) is 13.4 Å². The normalized spacial score (nSPS) is 11.5. The zero-order chi connectivity index (χ0) is 23.8. The fourth-order valence-electron chi connectivity index (χ4n) is 3.54. The quantitative estimate of drug-likeness (QED) is 0.287. The minimum Gasteiger partial charge on any atom is -0.302 e. The van der Waals surface area contributed by atoms with Crippen molar-refractivity contribution in [3.8, 4) is 0 Å². The van der Waals surface area contributed by atoms with Crippen LogP contribution in [-0.4, -0.2) is 62.4 Å². The first-order valence-electron chi connectivity index (χ1n) is 11.1. The van der Waals surface area contributed by atoms with E-state index in [4.69, 9.17) is 4.98 Å². The zero-order valence-electron chi connectivity index (χ0n) is 19.8. The molecule has 0 saturated heterocycles. The molecular weight excluding hydrogens is 510 g/mol. The van der Waals surface area contributed by atoms with Gasteiger partial charge in [0.1, 0.15) is 0 Å². The first kappa shape index (κ1) is 28.6. The summed E-state index contributed by atoms with van der Waals surface area (Å²) in [5.41, 5.74) is 0.875. The molecule has 0 radical (unpaired) electrons. The highest BCUT2D eigenvalue weighted by Gasteiger charge is 2.22. The van der Waals surface area contributed by atoms with E-state index in [1.54, 1.807) is 47.0 Å². The number of sulfone groups is 1. The molecule has 6 nitrogen and oxygen atoms in total. The second-order valence-corrected chi connectivity index (χ2v) is 11.6. The number of thiazole rings is 1. The topological polar surface area (TPSA) is 70.6 Å². The molecule has 1 aromatic heterocycles. The van der Waals surface area contributed by atoms with E-state index in [-0.39, 0.29) is 36.9 Å². The zero-order valence-corrected chi connectivity index (χ0v) is 23.0. The molecule has 0 atom stereocenters. The number of hydrogen-bond acceptors (Lipinski definition) is 7. The maximum absolute atomic E-state index is 13.2. The van der Waals surface area contributed by atoms with Crippen LogP contribution in [0.25, 0.3) is 10.2 Å². The summed E-state index contributed by atoms with van der Waals surface area (Å²) < 4.78 is 26.2. The van der Waals surface area contributed by atoms with E-state index in [9.17, 15) is 13.2 Å². The van der Waals surface area contributed by atoms with E-state index in [1.807, 2.05) is 18.4 Å². The highest BCUT2D eigenvalue weighted by Crippen LogP contribution is 2.32. The van der Waals surface area contributed by atoms with E-state index in [1.165, 1.54) is 11.3 Å². The average molecular weight is 542 g/mol. The lowest BCUT2D eigenvalue weighted by atomic mass is 10.3. The van der Waals surface area contributed by atoms with Crippen LogP contribution in [0.1, 0.15) is 26.7 Å². The molecule has 10 heteroatoms. The van der Waals surface area contributed by atoms with Crippen LogP contribution in [0.5, 0.6) is 0 Å². The number of amides is 1. The van der Waals surface area contributed by atoms with Crippen LogP contribution >= 0.6 is 35.5 Å². The van der Waals surface area contributed by atoms with Gasteiger partial charge in [-0.2, -0.15) is 0 Å². The maximum Gasteiger partial charge on any atom is 0.228 e. The lowest BCUT2D eigenvalue weighted by Gasteiger charge is -2.24. The molecule has 0 bridgehead atoms. The van der Waals surface area contributed by atoms with E-state index < -0.39 is 9.84 Å². The van der Waals surface area contributed by atoms with E-state index in [2.05, 4.69) is 24.8 Å². The van der Waals surface area contributed by atoms with Gasteiger partial charge in [-0.3, -0.25) is 9.69 Å². The third-order valence-electron chi connectivity index (χ3n) is 5.56. The minimum atomic E-state index is -3.40. The Labute approximate surface area is 217 Å². The summed E-state index contributed by atoms with van der Waals surface area (Å²) in [6.07, 6.45) is 2.47. The van der Waals surface area contributed by atoms with Gasteiger partial charge in [0.25, 0.3) is 0 Å². The Hall–Kier alpha value is -1.65. The maximum atomic E-state index is 13.2. The number of benzene rings is 2. The molecule has 2 aromatic carbocycles. The van der Waals surface area contributed by atoms with Crippen LogP contribution in [-0.2, 0) is 14.6 Å². The lowest BCUT2D eigenvalue weighted by Crippen LogP contribution is -2.38. The molecule has 0 aliphatic carbocycles. The third kappa shape index (κ3) is 7.42. The van der Waals surface area contributed by atoms with Crippen LogP contribution < -0.4 is 4.90 Å². The molecule has 0 aliphatic rings. The third-order valence-corrected chi connectivity index (χ3v) is 9.14. The van der Waals surface area contributed by atoms with Gasteiger partial charge >= 0.3 is 0 Å². The molecule has 1 heterocycles. The summed E-state index contributed by atoms with van der Waals surface area (Å²) in [6.45, 7) is 7.29. The van der Waals surface area contributed by atoms with Crippen molar-refractivity contribution in [1.29, 1.82) is 0 Å². The molecule has 3 aromatic rings. The standard InChI is InChI=1S/C24H31N3O3S3.ClH/c1-4-26(5-2)15-16-27(24-25-21-14-13-19(31-3)18-22(21)32-24)23(28)12-9-17-33(29,30)20-10-7-6-8-11-20;/h6-8,10-11,13-14,18H,4-5,9,12,15-17H2,1-3H3;1H. The number of fused-ring (bicyclic) bond motifs is 1. The largest absolute Gasteiger partial charge is 0.302 e. The molecule has 1 amide bonds. The number of nitrogens with zero attached hydrogens (tertiary/aromatic N) is 3.